The zero-order valence-electron chi connectivity index (χ0n) is 10.1. The molecule has 2 N–H and O–H groups in total. The molecule has 1 heterocycles. The van der Waals surface area contributed by atoms with E-state index in [-0.39, 0.29) is 36.5 Å². The Labute approximate surface area is 115 Å². The van der Waals surface area contributed by atoms with Crippen molar-refractivity contribution in [3.8, 4) is 0 Å². The van der Waals surface area contributed by atoms with Crippen LogP contribution in [0.4, 0.5) is 14.5 Å². The summed E-state index contributed by atoms with van der Waals surface area (Å²) >= 11 is 0. The Morgan fingerprint density at radius 2 is 2.05 bits per heavy atom. The standard InChI is InChI=1S/C12H14F2N2O2.ClH/c13-8-3-9(14)5-10(4-8)16-12(17)6-11-7-15-1-2-18-11;/h3-5,11,15H,1-2,6-7H2,(H,16,17);1H. The van der Waals surface area contributed by atoms with Gasteiger partial charge in [0, 0.05) is 24.8 Å². The third kappa shape index (κ3) is 5.10. The van der Waals surface area contributed by atoms with Crippen LogP contribution in [0.1, 0.15) is 6.42 Å². The zero-order valence-corrected chi connectivity index (χ0v) is 10.9. The van der Waals surface area contributed by atoms with Gasteiger partial charge >= 0.3 is 0 Å². The zero-order chi connectivity index (χ0) is 13.0. The first-order valence-corrected chi connectivity index (χ1v) is 5.72. The molecule has 0 saturated carbocycles. The van der Waals surface area contributed by atoms with Gasteiger partial charge < -0.3 is 15.4 Å². The first-order valence-electron chi connectivity index (χ1n) is 5.72. The lowest BCUT2D eigenvalue weighted by Gasteiger charge is -2.23. The van der Waals surface area contributed by atoms with Crippen molar-refractivity contribution in [1.29, 1.82) is 0 Å². The average Bonchev–Trinajstić information content (AvgIpc) is 2.28. The molecule has 1 aromatic carbocycles. The quantitative estimate of drug-likeness (QED) is 0.892. The number of amides is 1. The van der Waals surface area contributed by atoms with E-state index in [0.717, 1.165) is 24.7 Å². The number of benzene rings is 1. The summed E-state index contributed by atoms with van der Waals surface area (Å²) in [6.07, 6.45) is -0.0392. The van der Waals surface area contributed by atoms with E-state index in [1.54, 1.807) is 0 Å². The van der Waals surface area contributed by atoms with E-state index in [9.17, 15) is 13.6 Å². The Bertz CT molecular complexity index is 419. The van der Waals surface area contributed by atoms with Crippen LogP contribution in [0.2, 0.25) is 0 Å². The van der Waals surface area contributed by atoms with Crippen molar-refractivity contribution in [3.63, 3.8) is 0 Å². The summed E-state index contributed by atoms with van der Waals surface area (Å²) in [6, 6.07) is 2.89. The van der Waals surface area contributed by atoms with Crippen LogP contribution >= 0.6 is 12.4 Å². The van der Waals surface area contributed by atoms with Crippen molar-refractivity contribution in [2.24, 2.45) is 0 Å². The molecule has 0 spiro atoms. The highest BCUT2D eigenvalue weighted by molar-refractivity contribution is 5.91. The molecule has 1 aromatic rings. The van der Waals surface area contributed by atoms with Gasteiger partial charge in [-0.05, 0) is 12.1 Å². The maximum absolute atomic E-state index is 12.9. The van der Waals surface area contributed by atoms with E-state index in [4.69, 9.17) is 4.74 Å². The van der Waals surface area contributed by atoms with Crippen molar-refractivity contribution < 1.29 is 18.3 Å². The average molecular weight is 293 g/mol. The van der Waals surface area contributed by atoms with Crippen LogP contribution in [-0.2, 0) is 9.53 Å². The molecule has 1 amide bonds. The number of hydrogen-bond acceptors (Lipinski definition) is 3. The van der Waals surface area contributed by atoms with E-state index in [1.807, 2.05) is 0 Å². The monoisotopic (exact) mass is 292 g/mol. The van der Waals surface area contributed by atoms with Crippen LogP contribution in [0.5, 0.6) is 0 Å². The lowest BCUT2D eigenvalue weighted by molar-refractivity contribution is -0.119. The SMILES string of the molecule is Cl.O=C(CC1CNCCO1)Nc1cc(F)cc(F)c1. The molecule has 1 aliphatic heterocycles. The van der Waals surface area contributed by atoms with Gasteiger partial charge in [0.25, 0.3) is 0 Å². The highest BCUT2D eigenvalue weighted by atomic mass is 35.5. The number of ether oxygens (including phenoxy) is 1. The van der Waals surface area contributed by atoms with Gasteiger partial charge in [0.05, 0.1) is 19.1 Å². The van der Waals surface area contributed by atoms with Gasteiger partial charge in [-0.2, -0.15) is 0 Å². The Morgan fingerprint density at radius 3 is 2.63 bits per heavy atom. The second-order valence-corrected chi connectivity index (χ2v) is 4.11. The maximum atomic E-state index is 12.9. The number of nitrogens with one attached hydrogen (secondary N) is 2. The highest BCUT2D eigenvalue weighted by Gasteiger charge is 2.17. The fourth-order valence-electron chi connectivity index (χ4n) is 1.80. The fourth-order valence-corrected chi connectivity index (χ4v) is 1.80. The molecule has 1 aliphatic rings. The molecule has 106 valence electrons. The number of rotatable bonds is 3. The van der Waals surface area contributed by atoms with Crippen molar-refractivity contribution in [2.75, 3.05) is 25.0 Å². The summed E-state index contributed by atoms with van der Waals surface area (Å²) in [5.74, 6) is -1.77. The van der Waals surface area contributed by atoms with Gasteiger partial charge in [-0.1, -0.05) is 0 Å². The van der Waals surface area contributed by atoms with Crippen LogP contribution in [0.3, 0.4) is 0 Å². The molecule has 1 atom stereocenters. The molecule has 0 aliphatic carbocycles. The molecular formula is C12H15ClF2N2O2. The molecule has 1 saturated heterocycles. The molecule has 0 radical (unpaired) electrons. The molecule has 1 unspecified atom stereocenters. The van der Waals surface area contributed by atoms with Crippen molar-refractivity contribution in [1.82, 2.24) is 5.32 Å². The number of carbonyl (C=O) groups excluding carboxylic acids is 1. The first kappa shape index (κ1) is 15.8. The van der Waals surface area contributed by atoms with E-state index in [0.29, 0.717) is 13.2 Å². The van der Waals surface area contributed by atoms with Crippen LogP contribution in [0, 0.1) is 11.6 Å². The fraction of sp³-hybridized carbons (Fsp3) is 0.417. The molecule has 2 rings (SSSR count). The number of halogens is 3. The summed E-state index contributed by atoms with van der Waals surface area (Å²) in [5.41, 5.74) is 0.112. The van der Waals surface area contributed by atoms with Crippen LogP contribution in [0.25, 0.3) is 0 Å². The Kier molecular flexibility index (Phi) is 6.14. The third-order valence-electron chi connectivity index (χ3n) is 2.56. The van der Waals surface area contributed by atoms with E-state index < -0.39 is 11.6 Å². The lowest BCUT2D eigenvalue weighted by atomic mass is 10.2. The van der Waals surface area contributed by atoms with Gasteiger partial charge in [-0.15, -0.1) is 12.4 Å². The van der Waals surface area contributed by atoms with Crippen molar-refractivity contribution in [3.05, 3.63) is 29.8 Å². The molecule has 19 heavy (non-hydrogen) atoms. The molecule has 7 heteroatoms. The number of anilines is 1. The van der Waals surface area contributed by atoms with Crippen LogP contribution < -0.4 is 10.6 Å². The first-order chi connectivity index (χ1) is 8.63. The van der Waals surface area contributed by atoms with Gasteiger partial charge in [-0.3, -0.25) is 4.79 Å². The minimum atomic E-state index is -0.721. The van der Waals surface area contributed by atoms with Crippen LogP contribution in [0.15, 0.2) is 18.2 Å². The molecular weight excluding hydrogens is 278 g/mol. The van der Waals surface area contributed by atoms with Crippen molar-refractivity contribution in [2.45, 2.75) is 12.5 Å². The predicted octanol–water partition coefficient (Wildman–Crippen LogP) is 1.70. The smallest absolute Gasteiger partial charge is 0.227 e. The second-order valence-electron chi connectivity index (χ2n) is 4.11. The van der Waals surface area contributed by atoms with Gasteiger partial charge in [0.2, 0.25) is 5.91 Å². The van der Waals surface area contributed by atoms with E-state index in [2.05, 4.69) is 10.6 Å². The summed E-state index contributed by atoms with van der Waals surface area (Å²) in [5, 5.41) is 5.54. The topological polar surface area (TPSA) is 50.4 Å². The molecule has 1 fully saturated rings. The molecule has 4 nitrogen and oxygen atoms in total. The van der Waals surface area contributed by atoms with Gasteiger partial charge in [0.1, 0.15) is 11.6 Å². The van der Waals surface area contributed by atoms with Gasteiger partial charge in [-0.25, -0.2) is 8.78 Å². The summed E-state index contributed by atoms with van der Waals surface area (Å²) in [7, 11) is 0. The Balaban J connectivity index is 0.00000180. The summed E-state index contributed by atoms with van der Waals surface area (Å²) in [6.45, 7) is 1.94. The van der Waals surface area contributed by atoms with E-state index in [1.165, 1.54) is 0 Å². The number of hydrogen-bond donors (Lipinski definition) is 2. The minimum absolute atomic E-state index is 0. The summed E-state index contributed by atoms with van der Waals surface area (Å²) in [4.78, 5) is 11.6. The molecule has 0 bridgehead atoms. The second kappa shape index (κ2) is 7.37. The normalized spacial score (nSPS) is 18.5. The Hall–Kier alpha value is -1.24. The van der Waals surface area contributed by atoms with Crippen LogP contribution in [-0.4, -0.2) is 31.7 Å². The Morgan fingerprint density at radius 1 is 1.37 bits per heavy atom. The maximum Gasteiger partial charge on any atom is 0.227 e. The number of morpholine rings is 1. The van der Waals surface area contributed by atoms with E-state index >= 15 is 0 Å². The number of carbonyl (C=O) groups is 1. The predicted molar refractivity (Wildman–Crippen MR) is 69.5 cm³/mol. The molecule has 0 aromatic heterocycles. The van der Waals surface area contributed by atoms with Crippen molar-refractivity contribution >= 4 is 24.0 Å². The van der Waals surface area contributed by atoms with Gasteiger partial charge in [0.15, 0.2) is 0 Å². The third-order valence-corrected chi connectivity index (χ3v) is 2.56. The highest BCUT2D eigenvalue weighted by Crippen LogP contribution is 2.13. The minimum Gasteiger partial charge on any atom is -0.375 e. The largest absolute Gasteiger partial charge is 0.375 e. The summed E-state index contributed by atoms with van der Waals surface area (Å²) < 4.78 is 31.2. The lowest BCUT2D eigenvalue weighted by Crippen LogP contribution is -2.40.